The standard InChI is InChI=1S/C29H30FN7O2/c1-18-6-11-23(32-14-18)27(20-7-9-21(30)10-8-20)37-15-19(2)36(16-22(37)17-39-5)28-26-24(35(4)29(38)34-28)12-13-25(31-3)33-26/h6-14,19,22,27H,15-17H2,1-2,4-5H3/t19-,22-,27?/m0/s1. The molecule has 0 N–H and O–H groups in total. The predicted octanol–water partition coefficient (Wildman–Crippen LogP) is 4.04. The fourth-order valence-electron chi connectivity index (χ4n) is 5.30. The molecule has 1 unspecified atom stereocenters. The van der Waals surface area contributed by atoms with Crippen molar-refractivity contribution in [3.05, 3.63) is 99.3 Å². The first-order valence-electron chi connectivity index (χ1n) is 12.7. The molecular formula is C29H30FN7O2. The number of anilines is 1. The Hall–Kier alpha value is -4.20. The van der Waals surface area contributed by atoms with Crippen molar-refractivity contribution in [2.45, 2.75) is 32.0 Å². The molecule has 9 nitrogen and oxygen atoms in total. The Morgan fingerprint density at radius 1 is 1.13 bits per heavy atom. The number of aryl methyl sites for hydroxylation is 2. The molecule has 0 spiro atoms. The van der Waals surface area contributed by atoms with Gasteiger partial charge in [0.05, 0.1) is 29.9 Å². The van der Waals surface area contributed by atoms with Gasteiger partial charge < -0.3 is 14.5 Å². The van der Waals surface area contributed by atoms with Gasteiger partial charge in [-0.15, -0.1) is 4.98 Å². The Labute approximate surface area is 226 Å². The van der Waals surface area contributed by atoms with E-state index >= 15 is 0 Å². The highest BCUT2D eigenvalue weighted by molar-refractivity contribution is 5.87. The molecule has 0 bridgehead atoms. The molecule has 1 saturated heterocycles. The van der Waals surface area contributed by atoms with Crippen LogP contribution in [0.4, 0.5) is 16.0 Å². The van der Waals surface area contributed by atoms with Gasteiger partial charge in [0.1, 0.15) is 5.82 Å². The average Bonchev–Trinajstić information content (AvgIpc) is 2.94. The summed E-state index contributed by atoms with van der Waals surface area (Å²) in [5, 5.41) is 0. The van der Waals surface area contributed by atoms with Crippen LogP contribution in [0.25, 0.3) is 15.9 Å². The predicted molar refractivity (Wildman–Crippen MR) is 147 cm³/mol. The lowest BCUT2D eigenvalue weighted by Crippen LogP contribution is -2.60. The molecule has 1 aromatic carbocycles. The van der Waals surface area contributed by atoms with Crippen molar-refractivity contribution < 1.29 is 9.13 Å². The fraction of sp³-hybridized carbons (Fsp3) is 0.345. The first kappa shape index (κ1) is 26.4. The van der Waals surface area contributed by atoms with Gasteiger partial charge in [-0.1, -0.05) is 24.8 Å². The molecular weight excluding hydrogens is 497 g/mol. The van der Waals surface area contributed by atoms with E-state index in [9.17, 15) is 9.18 Å². The van der Waals surface area contributed by atoms with Gasteiger partial charge in [-0.3, -0.25) is 14.5 Å². The van der Waals surface area contributed by atoms with Gasteiger partial charge in [0.15, 0.2) is 5.82 Å². The monoisotopic (exact) mass is 527 g/mol. The number of pyridine rings is 2. The molecule has 3 atom stereocenters. The van der Waals surface area contributed by atoms with E-state index in [-0.39, 0.29) is 35.5 Å². The quantitative estimate of drug-likeness (QED) is 0.350. The zero-order valence-corrected chi connectivity index (χ0v) is 22.4. The number of nitrogens with zero attached hydrogens (tertiary/aromatic N) is 7. The lowest BCUT2D eigenvalue weighted by molar-refractivity contribution is 0.0508. The highest BCUT2D eigenvalue weighted by Gasteiger charge is 2.39. The van der Waals surface area contributed by atoms with Crippen molar-refractivity contribution in [3.63, 3.8) is 0 Å². The summed E-state index contributed by atoms with van der Waals surface area (Å²) in [6, 6.07) is 13.5. The summed E-state index contributed by atoms with van der Waals surface area (Å²) < 4.78 is 21.0. The molecule has 0 saturated carbocycles. The molecule has 1 aliphatic heterocycles. The van der Waals surface area contributed by atoms with Gasteiger partial charge in [0, 0.05) is 39.5 Å². The topological polar surface area (TPSA) is 80.7 Å². The third kappa shape index (κ3) is 5.11. The normalized spacial score (nSPS) is 18.7. The smallest absolute Gasteiger partial charge is 0.350 e. The summed E-state index contributed by atoms with van der Waals surface area (Å²) in [5.74, 6) is 0.403. The molecule has 0 aliphatic carbocycles. The van der Waals surface area contributed by atoms with Gasteiger partial charge >= 0.3 is 5.69 Å². The van der Waals surface area contributed by atoms with E-state index in [1.807, 2.05) is 25.3 Å². The minimum Gasteiger partial charge on any atom is -0.383 e. The lowest BCUT2D eigenvalue weighted by Gasteiger charge is -2.48. The molecule has 1 fully saturated rings. The fourth-order valence-corrected chi connectivity index (χ4v) is 5.30. The van der Waals surface area contributed by atoms with E-state index in [1.54, 1.807) is 38.4 Å². The van der Waals surface area contributed by atoms with Crippen LogP contribution >= 0.6 is 0 Å². The van der Waals surface area contributed by atoms with E-state index in [1.165, 1.54) is 16.7 Å². The average molecular weight is 528 g/mol. The number of rotatable bonds is 6. The first-order chi connectivity index (χ1) is 18.8. The number of halogens is 1. The van der Waals surface area contributed by atoms with Gasteiger partial charge in [-0.2, -0.15) is 4.98 Å². The van der Waals surface area contributed by atoms with Crippen LogP contribution in [0.3, 0.4) is 0 Å². The molecule has 0 amide bonds. The maximum atomic E-state index is 13.9. The highest BCUT2D eigenvalue weighted by atomic mass is 19.1. The van der Waals surface area contributed by atoms with E-state index in [0.29, 0.717) is 36.5 Å². The molecule has 10 heteroatoms. The first-order valence-corrected chi connectivity index (χ1v) is 12.7. The SMILES string of the molecule is [C-]#[N+]c1ccc2c(n1)c(N1C[C@@H](COC)N(C(c3ccc(F)cc3)c3ccc(C)cn3)C[C@@H]1C)nc(=O)n2C. The second-order valence-corrected chi connectivity index (χ2v) is 9.95. The lowest BCUT2D eigenvalue weighted by atomic mass is 9.96. The van der Waals surface area contributed by atoms with Crippen molar-refractivity contribution in [2.24, 2.45) is 7.05 Å². The Morgan fingerprint density at radius 2 is 1.90 bits per heavy atom. The largest absolute Gasteiger partial charge is 0.383 e. The van der Waals surface area contributed by atoms with Crippen molar-refractivity contribution >= 4 is 22.7 Å². The summed E-state index contributed by atoms with van der Waals surface area (Å²) in [5.41, 5.74) is 3.57. The third-order valence-electron chi connectivity index (χ3n) is 7.28. The number of piperazine rings is 1. The van der Waals surface area contributed by atoms with Crippen molar-refractivity contribution in [2.75, 3.05) is 31.7 Å². The molecule has 1 aliphatic rings. The highest BCUT2D eigenvalue weighted by Crippen LogP contribution is 2.35. The Morgan fingerprint density at radius 3 is 2.56 bits per heavy atom. The molecule has 39 heavy (non-hydrogen) atoms. The van der Waals surface area contributed by atoms with Crippen LogP contribution in [0.5, 0.6) is 0 Å². The number of ether oxygens (including phenoxy) is 1. The number of fused-ring (bicyclic) bond motifs is 1. The second-order valence-electron chi connectivity index (χ2n) is 9.95. The molecule has 4 aromatic rings. The van der Waals surface area contributed by atoms with Gasteiger partial charge in [0.2, 0.25) is 5.52 Å². The van der Waals surface area contributed by atoms with Gasteiger partial charge in [-0.25, -0.2) is 9.18 Å². The summed E-state index contributed by atoms with van der Waals surface area (Å²) in [6.07, 6.45) is 1.84. The van der Waals surface area contributed by atoms with Crippen LogP contribution in [-0.2, 0) is 11.8 Å². The number of aromatic nitrogens is 4. The number of methoxy groups -OCH3 is 1. The molecule has 5 rings (SSSR count). The molecule has 200 valence electrons. The minimum absolute atomic E-state index is 0.0762. The summed E-state index contributed by atoms with van der Waals surface area (Å²) in [4.78, 5) is 34.4. The molecule has 4 heterocycles. The zero-order chi connectivity index (χ0) is 27.7. The summed E-state index contributed by atoms with van der Waals surface area (Å²) >= 11 is 0. The third-order valence-corrected chi connectivity index (χ3v) is 7.28. The number of hydrogen-bond acceptors (Lipinski definition) is 7. The number of hydrogen-bond donors (Lipinski definition) is 0. The van der Waals surface area contributed by atoms with Crippen LogP contribution < -0.4 is 10.6 Å². The van der Waals surface area contributed by atoms with Crippen LogP contribution in [0.1, 0.15) is 29.8 Å². The summed E-state index contributed by atoms with van der Waals surface area (Å²) in [6.45, 7) is 13.0. The van der Waals surface area contributed by atoms with E-state index < -0.39 is 0 Å². The Bertz CT molecular complexity index is 1540. The van der Waals surface area contributed by atoms with E-state index in [0.717, 1.165) is 16.8 Å². The molecule has 0 radical (unpaired) electrons. The van der Waals surface area contributed by atoms with Crippen molar-refractivity contribution in [1.29, 1.82) is 0 Å². The van der Waals surface area contributed by atoms with Crippen LogP contribution in [-0.4, -0.2) is 63.3 Å². The number of benzene rings is 1. The van der Waals surface area contributed by atoms with Gasteiger partial charge in [0.25, 0.3) is 5.82 Å². The zero-order valence-electron chi connectivity index (χ0n) is 22.4. The maximum Gasteiger partial charge on any atom is 0.350 e. The van der Waals surface area contributed by atoms with Crippen LogP contribution in [0.15, 0.2) is 59.5 Å². The van der Waals surface area contributed by atoms with Crippen LogP contribution in [0, 0.1) is 19.3 Å². The Kier molecular flexibility index (Phi) is 7.37. The van der Waals surface area contributed by atoms with Crippen LogP contribution in [0.2, 0.25) is 0 Å². The van der Waals surface area contributed by atoms with Gasteiger partial charge in [-0.05, 0) is 55.3 Å². The van der Waals surface area contributed by atoms with E-state index in [4.69, 9.17) is 16.3 Å². The summed E-state index contributed by atoms with van der Waals surface area (Å²) in [7, 11) is 3.31. The van der Waals surface area contributed by atoms with Crippen molar-refractivity contribution in [1.82, 2.24) is 24.4 Å². The van der Waals surface area contributed by atoms with Crippen molar-refractivity contribution in [3.8, 4) is 0 Å². The Balaban J connectivity index is 1.59. The maximum absolute atomic E-state index is 13.9. The molecule has 3 aromatic heterocycles. The minimum atomic E-state index is -0.388. The second kappa shape index (κ2) is 10.9. The van der Waals surface area contributed by atoms with E-state index in [2.05, 4.69) is 31.5 Å².